The summed E-state index contributed by atoms with van der Waals surface area (Å²) in [6.45, 7) is 2.11. The van der Waals surface area contributed by atoms with Crippen molar-refractivity contribution in [1.82, 2.24) is 9.97 Å². The highest BCUT2D eigenvalue weighted by molar-refractivity contribution is 5.75. The minimum atomic E-state index is 0.826. The van der Waals surface area contributed by atoms with Crippen LogP contribution in [0, 0.1) is 6.92 Å². The molecule has 3 heteroatoms. The molecule has 5 rings (SSSR count). The van der Waals surface area contributed by atoms with E-state index in [1.807, 2.05) is 60.7 Å². The number of para-hydroxylation sites is 1. The molecule has 0 fully saturated rings. The van der Waals surface area contributed by atoms with E-state index < -0.39 is 0 Å². The minimum Gasteiger partial charge on any atom is -0.279 e. The zero-order chi connectivity index (χ0) is 21.8. The molecule has 0 spiro atoms. The Morgan fingerprint density at radius 3 is 1.75 bits per heavy atom. The maximum atomic E-state index is 5.05. The smallest absolute Gasteiger partial charge is 0.139 e. The Morgan fingerprint density at radius 1 is 0.500 bits per heavy atom. The van der Waals surface area contributed by atoms with Gasteiger partial charge in [0.05, 0.1) is 11.4 Å². The van der Waals surface area contributed by atoms with Crippen LogP contribution in [0.2, 0.25) is 0 Å². The summed E-state index contributed by atoms with van der Waals surface area (Å²) < 4.78 is 0. The molecule has 0 aliphatic carbocycles. The third-order valence-electron chi connectivity index (χ3n) is 5.43. The van der Waals surface area contributed by atoms with Crippen molar-refractivity contribution in [3.8, 4) is 22.5 Å². The van der Waals surface area contributed by atoms with Gasteiger partial charge in [0.25, 0.3) is 0 Å². The van der Waals surface area contributed by atoms with Gasteiger partial charge in [-0.1, -0.05) is 84.9 Å². The van der Waals surface area contributed by atoms with Crippen LogP contribution in [0.25, 0.3) is 22.5 Å². The predicted octanol–water partition coefficient (Wildman–Crippen LogP) is 7.59. The van der Waals surface area contributed by atoms with E-state index in [9.17, 15) is 0 Å². The number of rotatable bonds is 5. The van der Waals surface area contributed by atoms with E-state index >= 15 is 0 Å². The van der Waals surface area contributed by atoms with Crippen LogP contribution in [0.15, 0.2) is 121 Å². The molecule has 0 aliphatic rings. The van der Waals surface area contributed by atoms with Crippen molar-refractivity contribution in [3.05, 3.63) is 127 Å². The molecule has 0 unspecified atom stereocenters. The van der Waals surface area contributed by atoms with Crippen molar-refractivity contribution >= 4 is 17.3 Å². The van der Waals surface area contributed by atoms with Gasteiger partial charge in [0, 0.05) is 16.8 Å². The van der Waals surface area contributed by atoms with Crippen LogP contribution in [0.4, 0.5) is 17.3 Å². The largest absolute Gasteiger partial charge is 0.279 e. The molecule has 2 heterocycles. The number of pyridine rings is 2. The molecule has 3 aromatic carbocycles. The highest BCUT2D eigenvalue weighted by Crippen LogP contribution is 2.34. The van der Waals surface area contributed by atoms with E-state index in [0.717, 1.165) is 39.8 Å². The molecule has 3 nitrogen and oxygen atoms in total. The van der Waals surface area contributed by atoms with Crippen molar-refractivity contribution < 1.29 is 0 Å². The minimum absolute atomic E-state index is 0.826. The van der Waals surface area contributed by atoms with Crippen molar-refractivity contribution in [3.63, 3.8) is 0 Å². The van der Waals surface area contributed by atoms with Crippen LogP contribution in [0.1, 0.15) is 5.56 Å². The summed E-state index contributed by atoms with van der Waals surface area (Å²) in [5.41, 5.74) is 6.31. The monoisotopic (exact) mass is 413 g/mol. The van der Waals surface area contributed by atoms with E-state index in [1.54, 1.807) is 0 Å². The summed E-state index contributed by atoms with van der Waals surface area (Å²) >= 11 is 0. The van der Waals surface area contributed by atoms with E-state index in [2.05, 4.69) is 72.5 Å². The summed E-state index contributed by atoms with van der Waals surface area (Å²) in [5.74, 6) is 1.65. The predicted molar refractivity (Wildman–Crippen MR) is 132 cm³/mol. The summed E-state index contributed by atoms with van der Waals surface area (Å²) in [6.07, 6.45) is 0. The van der Waals surface area contributed by atoms with Crippen LogP contribution in [0.5, 0.6) is 0 Å². The summed E-state index contributed by atoms with van der Waals surface area (Å²) in [7, 11) is 0. The lowest BCUT2D eigenvalue weighted by atomic mass is 10.1. The third kappa shape index (κ3) is 4.01. The van der Waals surface area contributed by atoms with Crippen molar-refractivity contribution in [2.75, 3.05) is 4.90 Å². The van der Waals surface area contributed by atoms with Gasteiger partial charge < -0.3 is 0 Å². The van der Waals surface area contributed by atoms with Crippen molar-refractivity contribution in [2.45, 2.75) is 6.92 Å². The first kappa shape index (κ1) is 19.7. The van der Waals surface area contributed by atoms with E-state index in [-0.39, 0.29) is 0 Å². The van der Waals surface area contributed by atoms with Gasteiger partial charge in [-0.05, 0) is 48.9 Å². The van der Waals surface area contributed by atoms with Crippen molar-refractivity contribution in [1.29, 1.82) is 0 Å². The Bertz CT molecular complexity index is 1330. The van der Waals surface area contributed by atoms with Crippen molar-refractivity contribution in [2.24, 2.45) is 0 Å². The SMILES string of the molecule is Cc1ccccc1-c1cccc(N(c2ccccc2)c2cccc(-c3ccccc3)n2)n1. The van der Waals surface area contributed by atoms with Gasteiger partial charge in [0.15, 0.2) is 0 Å². The number of nitrogens with zero attached hydrogens (tertiary/aromatic N) is 3. The number of hydrogen-bond acceptors (Lipinski definition) is 3. The molecule has 0 saturated heterocycles. The fraction of sp³-hybridized carbons (Fsp3) is 0.0345. The molecule has 0 aliphatic heterocycles. The summed E-state index contributed by atoms with van der Waals surface area (Å²) in [6, 6.07) is 41.1. The Balaban J connectivity index is 1.64. The molecule has 0 atom stereocenters. The van der Waals surface area contributed by atoms with Gasteiger partial charge in [-0.25, -0.2) is 9.97 Å². The molecule has 0 saturated carbocycles. The van der Waals surface area contributed by atoms with Crippen LogP contribution in [-0.4, -0.2) is 9.97 Å². The average Bonchev–Trinajstić information content (AvgIpc) is 2.86. The quantitative estimate of drug-likeness (QED) is 0.297. The maximum Gasteiger partial charge on any atom is 0.139 e. The lowest BCUT2D eigenvalue weighted by Gasteiger charge is -2.24. The zero-order valence-electron chi connectivity index (χ0n) is 17.9. The van der Waals surface area contributed by atoms with Crippen LogP contribution < -0.4 is 4.90 Å². The molecular weight excluding hydrogens is 390 g/mol. The topological polar surface area (TPSA) is 29.0 Å². The Morgan fingerprint density at radius 2 is 1.06 bits per heavy atom. The highest BCUT2D eigenvalue weighted by Gasteiger charge is 2.16. The summed E-state index contributed by atoms with van der Waals surface area (Å²) in [5, 5.41) is 0. The average molecular weight is 414 g/mol. The van der Waals surface area contributed by atoms with Gasteiger partial charge in [-0.2, -0.15) is 0 Å². The van der Waals surface area contributed by atoms with Gasteiger partial charge in [-0.3, -0.25) is 4.90 Å². The molecular formula is C29H23N3. The maximum absolute atomic E-state index is 5.05. The van der Waals surface area contributed by atoms with Gasteiger partial charge in [0.2, 0.25) is 0 Å². The number of anilines is 3. The van der Waals surface area contributed by atoms with Gasteiger partial charge in [-0.15, -0.1) is 0 Å². The van der Waals surface area contributed by atoms with E-state index in [0.29, 0.717) is 0 Å². The first-order valence-corrected chi connectivity index (χ1v) is 10.7. The molecule has 154 valence electrons. The second-order valence-corrected chi connectivity index (χ2v) is 7.61. The van der Waals surface area contributed by atoms with Gasteiger partial charge in [0.1, 0.15) is 11.6 Å². The molecule has 32 heavy (non-hydrogen) atoms. The van der Waals surface area contributed by atoms with Crippen LogP contribution >= 0.6 is 0 Å². The fourth-order valence-corrected chi connectivity index (χ4v) is 3.83. The third-order valence-corrected chi connectivity index (χ3v) is 5.43. The van der Waals surface area contributed by atoms with Crippen LogP contribution in [0.3, 0.4) is 0 Å². The Hall–Kier alpha value is -4.24. The lowest BCUT2D eigenvalue weighted by Crippen LogP contribution is -2.13. The second-order valence-electron chi connectivity index (χ2n) is 7.61. The number of aromatic nitrogens is 2. The molecule has 0 amide bonds. The second kappa shape index (κ2) is 8.86. The first-order chi connectivity index (χ1) is 15.8. The fourth-order valence-electron chi connectivity index (χ4n) is 3.83. The molecule has 0 bridgehead atoms. The van der Waals surface area contributed by atoms with Crippen LogP contribution in [-0.2, 0) is 0 Å². The number of aryl methyl sites for hydroxylation is 1. The number of benzene rings is 3. The number of hydrogen-bond donors (Lipinski definition) is 0. The van der Waals surface area contributed by atoms with Gasteiger partial charge >= 0.3 is 0 Å². The lowest BCUT2D eigenvalue weighted by molar-refractivity contribution is 1.13. The first-order valence-electron chi connectivity index (χ1n) is 10.7. The Kier molecular flexibility index (Phi) is 5.46. The van der Waals surface area contributed by atoms with E-state index in [1.165, 1.54) is 5.56 Å². The zero-order valence-corrected chi connectivity index (χ0v) is 17.9. The highest BCUT2D eigenvalue weighted by atomic mass is 15.2. The summed E-state index contributed by atoms with van der Waals surface area (Å²) in [4.78, 5) is 12.2. The Labute approximate surface area is 188 Å². The molecule has 0 N–H and O–H groups in total. The molecule has 0 radical (unpaired) electrons. The van der Waals surface area contributed by atoms with E-state index in [4.69, 9.17) is 9.97 Å². The normalized spacial score (nSPS) is 10.7. The standard InChI is InChI=1S/C29H23N3/c1-22-12-8-9-17-25(22)27-19-11-21-29(31-27)32(24-15-6-3-7-16-24)28-20-10-18-26(30-28)23-13-4-2-5-14-23/h2-21H,1H3. The molecule has 2 aromatic heterocycles. The molecule has 5 aromatic rings.